The summed E-state index contributed by atoms with van der Waals surface area (Å²) >= 11 is 0. The molecule has 0 spiro atoms. The molecule has 0 unspecified atom stereocenters. The number of hydrogen-bond acceptors (Lipinski definition) is 2. The summed E-state index contributed by atoms with van der Waals surface area (Å²) < 4.78 is 18.5. The van der Waals surface area contributed by atoms with Crippen LogP contribution in [0.4, 0.5) is 4.39 Å². The summed E-state index contributed by atoms with van der Waals surface area (Å²) in [5.74, 6) is 0.511. The van der Waals surface area contributed by atoms with Gasteiger partial charge in [0.2, 0.25) is 5.91 Å². The van der Waals surface area contributed by atoms with Gasteiger partial charge in [-0.15, -0.1) is 0 Å². The molecule has 0 aliphatic carbocycles. The molecule has 0 saturated heterocycles. The fraction of sp³-hybridized carbons (Fsp3) is 0.278. The maximum Gasteiger partial charge on any atom is 0.220 e. The molecule has 3 nitrogen and oxygen atoms in total. The first-order valence-electron chi connectivity index (χ1n) is 7.23. The maximum atomic E-state index is 13.4. The molecule has 1 N–H and O–H groups in total. The summed E-state index contributed by atoms with van der Waals surface area (Å²) in [6.07, 6.45) is 1.07. The van der Waals surface area contributed by atoms with E-state index in [1.165, 1.54) is 6.07 Å². The molecule has 0 saturated carbocycles. The first-order valence-corrected chi connectivity index (χ1v) is 7.23. The van der Waals surface area contributed by atoms with Gasteiger partial charge in [0.15, 0.2) is 0 Å². The number of methoxy groups -OCH3 is 1. The summed E-state index contributed by atoms with van der Waals surface area (Å²) in [4.78, 5) is 11.8. The van der Waals surface area contributed by atoms with E-state index < -0.39 is 0 Å². The lowest BCUT2D eigenvalue weighted by Gasteiger charge is -2.07. The van der Waals surface area contributed by atoms with Crippen molar-refractivity contribution in [3.8, 4) is 5.75 Å². The highest BCUT2D eigenvalue weighted by Crippen LogP contribution is 2.13. The van der Waals surface area contributed by atoms with Crippen LogP contribution in [-0.4, -0.2) is 13.0 Å². The van der Waals surface area contributed by atoms with Gasteiger partial charge in [-0.1, -0.05) is 24.3 Å². The lowest BCUT2D eigenvalue weighted by Crippen LogP contribution is -2.23. The topological polar surface area (TPSA) is 38.3 Å². The Kier molecular flexibility index (Phi) is 5.53. The first kappa shape index (κ1) is 16.0. The highest BCUT2D eigenvalue weighted by atomic mass is 19.1. The number of amides is 1. The predicted molar refractivity (Wildman–Crippen MR) is 84.3 cm³/mol. The van der Waals surface area contributed by atoms with E-state index in [0.29, 0.717) is 24.9 Å². The molecule has 0 heterocycles. The second-order valence-electron chi connectivity index (χ2n) is 5.21. The van der Waals surface area contributed by atoms with Gasteiger partial charge in [0.05, 0.1) is 7.11 Å². The number of benzene rings is 2. The SMILES string of the molecule is COc1ccc(CCC(=O)NCc2ccc(C)c(F)c2)cc1. The first-order chi connectivity index (χ1) is 10.6. The zero-order valence-electron chi connectivity index (χ0n) is 12.9. The minimum Gasteiger partial charge on any atom is -0.497 e. The molecule has 0 aromatic heterocycles. The second kappa shape index (κ2) is 7.59. The van der Waals surface area contributed by atoms with Crippen molar-refractivity contribution >= 4 is 5.91 Å². The highest BCUT2D eigenvalue weighted by molar-refractivity contribution is 5.76. The van der Waals surface area contributed by atoms with Crippen molar-refractivity contribution in [3.63, 3.8) is 0 Å². The molecule has 0 atom stereocenters. The van der Waals surface area contributed by atoms with E-state index in [4.69, 9.17) is 4.74 Å². The van der Waals surface area contributed by atoms with Gasteiger partial charge in [0.1, 0.15) is 11.6 Å². The van der Waals surface area contributed by atoms with Gasteiger partial charge >= 0.3 is 0 Å². The normalized spacial score (nSPS) is 10.3. The predicted octanol–water partition coefficient (Wildman–Crippen LogP) is 3.39. The Morgan fingerprint density at radius 2 is 1.82 bits per heavy atom. The third kappa shape index (κ3) is 4.58. The Balaban J connectivity index is 1.78. The van der Waals surface area contributed by atoms with Crippen molar-refractivity contribution in [3.05, 3.63) is 65.0 Å². The van der Waals surface area contributed by atoms with E-state index in [2.05, 4.69) is 5.32 Å². The van der Waals surface area contributed by atoms with Crippen LogP contribution in [0.25, 0.3) is 0 Å². The smallest absolute Gasteiger partial charge is 0.220 e. The van der Waals surface area contributed by atoms with Gasteiger partial charge in [0.25, 0.3) is 0 Å². The largest absolute Gasteiger partial charge is 0.497 e. The van der Waals surface area contributed by atoms with Crippen LogP contribution in [0.15, 0.2) is 42.5 Å². The zero-order valence-corrected chi connectivity index (χ0v) is 12.9. The van der Waals surface area contributed by atoms with E-state index in [1.54, 1.807) is 20.1 Å². The number of halogens is 1. The van der Waals surface area contributed by atoms with Crippen LogP contribution in [0.2, 0.25) is 0 Å². The second-order valence-corrected chi connectivity index (χ2v) is 5.21. The lowest BCUT2D eigenvalue weighted by molar-refractivity contribution is -0.121. The molecule has 0 aliphatic heterocycles. The maximum absolute atomic E-state index is 13.4. The molecule has 22 heavy (non-hydrogen) atoms. The summed E-state index contributed by atoms with van der Waals surface area (Å²) in [7, 11) is 1.62. The van der Waals surface area contributed by atoms with Gasteiger partial charge in [-0.3, -0.25) is 4.79 Å². The van der Waals surface area contributed by atoms with E-state index in [1.807, 2.05) is 30.3 Å². The molecular weight excluding hydrogens is 281 g/mol. The summed E-state index contributed by atoms with van der Waals surface area (Å²) in [6.45, 7) is 2.06. The van der Waals surface area contributed by atoms with Gasteiger partial charge in [0, 0.05) is 13.0 Å². The Morgan fingerprint density at radius 3 is 2.45 bits per heavy atom. The van der Waals surface area contributed by atoms with Crippen LogP contribution in [0, 0.1) is 12.7 Å². The third-order valence-corrected chi connectivity index (χ3v) is 3.53. The van der Waals surface area contributed by atoms with Gasteiger partial charge in [-0.05, 0) is 48.2 Å². The molecule has 2 rings (SSSR count). The monoisotopic (exact) mass is 301 g/mol. The fourth-order valence-corrected chi connectivity index (χ4v) is 2.09. The zero-order chi connectivity index (χ0) is 15.9. The molecule has 0 fully saturated rings. The van der Waals surface area contributed by atoms with E-state index in [0.717, 1.165) is 16.9 Å². The van der Waals surface area contributed by atoms with Gasteiger partial charge in [-0.25, -0.2) is 4.39 Å². The Morgan fingerprint density at radius 1 is 1.14 bits per heavy atom. The van der Waals surface area contributed by atoms with Gasteiger partial charge < -0.3 is 10.1 Å². The number of nitrogens with one attached hydrogen (secondary N) is 1. The standard InChI is InChI=1S/C18H20FNO2/c1-13-3-4-15(11-17(13)19)12-20-18(21)10-7-14-5-8-16(22-2)9-6-14/h3-6,8-9,11H,7,10,12H2,1-2H3,(H,20,21). The van der Waals surface area contributed by atoms with Crippen LogP contribution in [0.5, 0.6) is 5.75 Å². The molecule has 1 amide bonds. The van der Waals surface area contributed by atoms with Crippen molar-refractivity contribution in [2.24, 2.45) is 0 Å². The summed E-state index contributed by atoms with van der Waals surface area (Å²) in [5, 5.41) is 2.81. The van der Waals surface area contributed by atoms with E-state index in [-0.39, 0.29) is 11.7 Å². The van der Waals surface area contributed by atoms with Crippen molar-refractivity contribution in [1.82, 2.24) is 5.32 Å². The van der Waals surface area contributed by atoms with Crippen LogP contribution in [-0.2, 0) is 17.8 Å². The third-order valence-electron chi connectivity index (χ3n) is 3.53. The number of carbonyl (C=O) groups excluding carboxylic acids is 1. The van der Waals surface area contributed by atoms with Crippen molar-refractivity contribution in [2.75, 3.05) is 7.11 Å². The highest BCUT2D eigenvalue weighted by Gasteiger charge is 2.04. The van der Waals surface area contributed by atoms with Crippen LogP contribution in [0.1, 0.15) is 23.1 Å². The summed E-state index contributed by atoms with van der Waals surface area (Å²) in [6, 6.07) is 12.6. The molecule has 0 aliphatic rings. The quantitative estimate of drug-likeness (QED) is 0.888. The molecule has 0 radical (unpaired) electrons. The number of hydrogen-bond donors (Lipinski definition) is 1. The Labute approximate surface area is 130 Å². The number of ether oxygens (including phenoxy) is 1. The molecule has 0 bridgehead atoms. The van der Waals surface area contributed by atoms with Gasteiger partial charge in [-0.2, -0.15) is 0 Å². The fourth-order valence-electron chi connectivity index (χ4n) is 2.09. The van der Waals surface area contributed by atoms with E-state index in [9.17, 15) is 9.18 Å². The lowest BCUT2D eigenvalue weighted by atomic mass is 10.1. The Hall–Kier alpha value is -2.36. The van der Waals surface area contributed by atoms with Crippen molar-refractivity contribution in [1.29, 1.82) is 0 Å². The van der Waals surface area contributed by atoms with Crippen LogP contribution < -0.4 is 10.1 Å². The minimum atomic E-state index is -0.245. The average Bonchev–Trinajstić information content (AvgIpc) is 2.54. The van der Waals surface area contributed by atoms with Crippen LogP contribution >= 0.6 is 0 Å². The van der Waals surface area contributed by atoms with E-state index >= 15 is 0 Å². The number of carbonyl (C=O) groups is 1. The van der Waals surface area contributed by atoms with Crippen molar-refractivity contribution in [2.45, 2.75) is 26.3 Å². The molecule has 2 aromatic carbocycles. The number of rotatable bonds is 6. The number of aryl methyl sites for hydroxylation is 2. The molecule has 4 heteroatoms. The van der Waals surface area contributed by atoms with Crippen LogP contribution in [0.3, 0.4) is 0 Å². The minimum absolute atomic E-state index is 0.0446. The summed E-state index contributed by atoms with van der Waals surface area (Å²) in [5.41, 5.74) is 2.45. The molecular formula is C18H20FNO2. The van der Waals surface area contributed by atoms with Crippen molar-refractivity contribution < 1.29 is 13.9 Å². The Bertz CT molecular complexity index is 638. The molecule has 116 valence electrons. The molecule has 2 aromatic rings. The average molecular weight is 301 g/mol.